The molecule has 0 radical (unpaired) electrons. The van der Waals surface area contributed by atoms with Crippen LogP contribution in [0.15, 0.2) is 22.7 Å². The van der Waals surface area contributed by atoms with Crippen LogP contribution >= 0.6 is 15.9 Å². The van der Waals surface area contributed by atoms with Crippen molar-refractivity contribution in [1.29, 1.82) is 0 Å². The summed E-state index contributed by atoms with van der Waals surface area (Å²) in [4.78, 5) is 33.2. The lowest BCUT2D eigenvalue weighted by molar-refractivity contribution is -0.140. The zero-order chi connectivity index (χ0) is 14.6. The zero-order valence-corrected chi connectivity index (χ0v) is 11.1. The van der Waals surface area contributed by atoms with Gasteiger partial charge in [0, 0.05) is 10.0 Å². The number of aliphatic carboxylic acids is 1. The maximum atomic E-state index is 13.1. The van der Waals surface area contributed by atoms with Crippen molar-refractivity contribution in [1.82, 2.24) is 5.32 Å². The predicted octanol–water partition coefficient (Wildman–Crippen LogP) is 0.647. The summed E-state index contributed by atoms with van der Waals surface area (Å²) in [6.45, 7) is 0. The fourth-order valence-corrected chi connectivity index (χ4v) is 1.79. The molecular formula is C11H10BrFN2O4. The molecule has 102 valence electrons. The molecule has 4 N–H and O–H groups in total. The van der Waals surface area contributed by atoms with Crippen molar-refractivity contribution >= 4 is 33.7 Å². The van der Waals surface area contributed by atoms with E-state index in [-0.39, 0.29) is 5.56 Å². The number of carboxylic acid groups (broad SMARTS) is 1. The summed E-state index contributed by atoms with van der Waals surface area (Å²) in [5, 5.41) is 10.9. The predicted molar refractivity (Wildman–Crippen MR) is 66.8 cm³/mol. The Morgan fingerprint density at radius 2 is 2.00 bits per heavy atom. The molecule has 0 spiro atoms. The van der Waals surface area contributed by atoms with Crippen molar-refractivity contribution in [3.05, 3.63) is 34.1 Å². The highest BCUT2D eigenvalue weighted by Crippen LogP contribution is 2.15. The van der Waals surface area contributed by atoms with Gasteiger partial charge in [0.1, 0.15) is 11.9 Å². The molecule has 0 aliphatic rings. The minimum absolute atomic E-state index is 0.0670. The maximum absolute atomic E-state index is 13.1. The SMILES string of the molecule is NC(=O)C[C@H](NC(=O)c1cc(F)cc(Br)c1)C(=O)O. The van der Waals surface area contributed by atoms with E-state index in [1.165, 1.54) is 6.07 Å². The van der Waals surface area contributed by atoms with Gasteiger partial charge in [-0.1, -0.05) is 15.9 Å². The van der Waals surface area contributed by atoms with E-state index in [1.807, 2.05) is 0 Å². The van der Waals surface area contributed by atoms with Crippen LogP contribution in [0.5, 0.6) is 0 Å². The molecule has 0 fully saturated rings. The molecule has 0 aliphatic heterocycles. The number of rotatable bonds is 5. The molecule has 1 aromatic rings. The third-order valence-electron chi connectivity index (χ3n) is 2.13. The smallest absolute Gasteiger partial charge is 0.326 e. The number of hydrogen-bond acceptors (Lipinski definition) is 3. The standard InChI is InChI=1S/C11H10BrFN2O4/c12-6-1-5(2-7(13)3-6)10(17)15-8(11(18)19)4-9(14)16/h1-3,8H,4H2,(H2,14,16)(H,15,17)(H,18,19)/t8-/m0/s1. The molecule has 0 aliphatic carbocycles. The molecule has 0 bridgehead atoms. The van der Waals surface area contributed by atoms with Gasteiger partial charge in [-0.25, -0.2) is 9.18 Å². The van der Waals surface area contributed by atoms with Crippen molar-refractivity contribution in [2.24, 2.45) is 5.73 Å². The number of benzene rings is 1. The molecule has 19 heavy (non-hydrogen) atoms. The average Bonchev–Trinajstić information content (AvgIpc) is 2.25. The van der Waals surface area contributed by atoms with E-state index in [2.05, 4.69) is 21.2 Å². The van der Waals surface area contributed by atoms with Gasteiger partial charge in [-0.05, 0) is 18.2 Å². The van der Waals surface area contributed by atoms with Crippen molar-refractivity contribution in [3.63, 3.8) is 0 Å². The van der Waals surface area contributed by atoms with Crippen LogP contribution < -0.4 is 11.1 Å². The Hall–Kier alpha value is -1.96. The molecule has 2 amide bonds. The van der Waals surface area contributed by atoms with Crippen LogP contribution in [0, 0.1) is 5.82 Å². The number of carbonyl (C=O) groups excluding carboxylic acids is 2. The van der Waals surface area contributed by atoms with Gasteiger partial charge in [0.2, 0.25) is 5.91 Å². The first-order valence-corrected chi connectivity index (χ1v) is 5.87. The first kappa shape index (κ1) is 15.1. The first-order valence-electron chi connectivity index (χ1n) is 5.07. The Morgan fingerprint density at radius 3 is 2.47 bits per heavy atom. The van der Waals surface area contributed by atoms with Gasteiger partial charge in [0.15, 0.2) is 0 Å². The molecule has 0 unspecified atom stereocenters. The van der Waals surface area contributed by atoms with Crippen molar-refractivity contribution in [3.8, 4) is 0 Å². The van der Waals surface area contributed by atoms with Crippen LogP contribution in [0.2, 0.25) is 0 Å². The van der Waals surface area contributed by atoms with Gasteiger partial charge < -0.3 is 16.2 Å². The van der Waals surface area contributed by atoms with E-state index < -0.39 is 36.1 Å². The van der Waals surface area contributed by atoms with Crippen LogP contribution in [0.4, 0.5) is 4.39 Å². The Bertz CT molecular complexity index is 515. The number of carbonyl (C=O) groups is 3. The normalized spacial score (nSPS) is 11.7. The number of carboxylic acids is 1. The summed E-state index contributed by atoms with van der Waals surface area (Å²) in [6.07, 6.45) is -0.544. The van der Waals surface area contributed by atoms with Gasteiger partial charge >= 0.3 is 5.97 Å². The van der Waals surface area contributed by atoms with Crippen LogP contribution in [0.1, 0.15) is 16.8 Å². The van der Waals surface area contributed by atoms with E-state index in [4.69, 9.17) is 10.8 Å². The molecule has 6 nitrogen and oxygen atoms in total. The molecule has 1 rings (SSSR count). The minimum atomic E-state index is -1.45. The summed E-state index contributed by atoms with van der Waals surface area (Å²) < 4.78 is 13.4. The van der Waals surface area contributed by atoms with E-state index in [0.29, 0.717) is 4.47 Å². The summed E-state index contributed by atoms with van der Waals surface area (Å²) in [7, 11) is 0. The molecule has 0 heterocycles. The highest BCUT2D eigenvalue weighted by Gasteiger charge is 2.23. The maximum Gasteiger partial charge on any atom is 0.326 e. The van der Waals surface area contributed by atoms with Crippen molar-refractivity contribution in [2.75, 3.05) is 0 Å². The lowest BCUT2D eigenvalue weighted by atomic mass is 10.1. The first-order chi connectivity index (χ1) is 8.79. The van der Waals surface area contributed by atoms with E-state index >= 15 is 0 Å². The molecular weight excluding hydrogens is 323 g/mol. The van der Waals surface area contributed by atoms with E-state index in [0.717, 1.165) is 12.1 Å². The fraction of sp³-hybridized carbons (Fsp3) is 0.182. The molecule has 1 aromatic carbocycles. The zero-order valence-electron chi connectivity index (χ0n) is 9.52. The molecule has 8 heteroatoms. The third-order valence-corrected chi connectivity index (χ3v) is 2.59. The van der Waals surface area contributed by atoms with Gasteiger partial charge in [-0.15, -0.1) is 0 Å². The van der Waals surface area contributed by atoms with Crippen LogP contribution in [-0.2, 0) is 9.59 Å². The highest BCUT2D eigenvalue weighted by molar-refractivity contribution is 9.10. The van der Waals surface area contributed by atoms with Crippen molar-refractivity contribution in [2.45, 2.75) is 12.5 Å². The van der Waals surface area contributed by atoms with Gasteiger partial charge in [-0.3, -0.25) is 9.59 Å². The van der Waals surface area contributed by atoms with E-state index in [9.17, 15) is 18.8 Å². The molecule has 0 saturated heterocycles. The summed E-state index contributed by atoms with van der Waals surface area (Å²) in [6, 6.07) is 1.96. The summed E-state index contributed by atoms with van der Waals surface area (Å²) >= 11 is 3.01. The molecule has 0 aromatic heterocycles. The third kappa shape index (κ3) is 4.66. The second-order valence-corrected chi connectivity index (χ2v) is 4.61. The summed E-state index contributed by atoms with van der Waals surface area (Å²) in [5.41, 5.74) is 4.81. The second-order valence-electron chi connectivity index (χ2n) is 3.69. The van der Waals surface area contributed by atoms with Crippen molar-refractivity contribution < 1.29 is 23.9 Å². The number of hydrogen-bond donors (Lipinski definition) is 3. The monoisotopic (exact) mass is 332 g/mol. The lowest BCUT2D eigenvalue weighted by Crippen LogP contribution is -2.43. The molecule has 0 saturated carbocycles. The van der Waals surface area contributed by atoms with E-state index in [1.54, 1.807) is 0 Å². The Kier molecular flexibility index (Phi) is 4.99. The second kappa shape index (κ2) is 6.28. The van der Waals surface area contributed by atoms with Crippen LogP contribution in [0.25, 0.3) is 0 Å². The number of amides is 2. The van der Waals surface area contributed by atoms with Crippen LogP contribution in [0.3, 0.4) is 0 Å². The van der Waals surface area contributed by atoms with Gasteiger partial charge in [0.05, 0.1) is 6.42 Å². The quantitative estimate of drug-likeness (QED) is 0.735. The number of nitrogens with two attached hydrogens (primary N) is 1. The van der Waals surface area contributed by atoms with Gasteiger partial charge in [0.25, 0.3) is 5.91 Å². The number of primary amides is 1. The average molecular weight is 333 g/mol. The number of halogens is 2. The number of nitrogens with one attached hydrogen (secondary N) is 1. The minimum Gasteiger partial charge on any atom is -0.480 e. The highest BCUT2D eigenvalue weighted by atomic mass is 79.9. The Balaban J connectivity index is 2.87. The van der Waals surface area contributed by atoms with Gasteiger partial charge in [-0.2, -0.15) is 0 Å². The fourth-order valence-electron chi connectivity index (χ4n) is 1.33. The Morgan fingerprint density at radius 1 is 1.37 bits per heavy atom. The van der Waals surface area contributed by atoms with Crippen LogP contribution in [-0.4, -0.2) is 28.9 Å². The topological polar surface area (TPSA) is 109 Å². The summed E-state index contributed by atoms with van der Waals surface area (Å²) in [5.74, 6) is -3.73. The molecule has 1 atom stereocenters. The largest absolute Gasteiger partial charge is 0.480 e. The Labute approximate surface area is 115 Å². The lowest BCUT2D eigenvalue weighted by Gasteiger charge is -2.13.